The molecule has 0 unspecified atom stereocenters. The molecule has 1 aromatic heterocycles. The summed E-state index contributed by atoms with van der Waals surface area (Å²) in [6.07, 6.45) is 1.54. The molecule has 25 heavy (non-hydrogen) atoms. The quantitative estimate of drug-likeness (QED) is 0.790. The number of ether oxygens (including phenoxy) is 3. The third kappa shape index (κ3) is 2.24. The molecule has 0 bridgehead atoms. The predicted octanol–water partition coefficient (Wildman–Crippen LogP) is 2.63. The van der Waals surface area contributed by atoms with Crippen molar-refractivity contribution in [3.05, 3.63) is 34.4 Å². The molecule has 1 saturated heterocycles. The normalized spacial score (nSPS) is 17.7. The highest BCUT2D eigenvalue weighted by Crippen LogP contribution is 2.48. The van der Waals surface area contributed by atoms with Crippen LogP contribution in [0.3, 0.4) is 0 Å². The van der Waals surface area contributed by atoms with E-state index in [2.05, 4.69) is 11.1 Å². The molecule has 0 saturated carbocycles. The number of hydrogen-bond acceptors (Lipinski definition) is 6. The molecule has 2 aliphatic rings. The zero-order chi connectivity index (χ0) is 17.6. The van der Waals surface area contributed by atoms with Gasteiger partial charge in [0.2, 0.25) is 0 Å². The van der Waals surface area contributed by atoms with Crippen LogP contribution in [0, 0.1) is 11.3 Å². The van der Waals surface area contributed by atoms with E-state index in [9.17, 15) is 5.26 Å². The van der Waals surface area contributed by atoms with Crippen LogP contribution >= 0.6 is 0 Å². The number of methoxy groups -OCH3 is 2. The van der Waals surface area contributed by atoms with Gasteiger partial charge in [0, 0.05) is 30.1 Å². The van der Waals surface area contributed by atoms with Crippen molar-refractivity contribution in [2.45, 2.75) is 18.8 Å². The van der Waals surface area contributed by atoms with E-state index in [0.717, 1.165) is 34.4 Å². The average molecular weight is 337 g/mol. The summed E-state index contributed by atoms with van der Waals surface area (Å²) in [5, 5.41) is 9.64. The third-order valence-corrected chi connectivity index (χ3v) is 5.08. The minimum Gasteiger partial charge on any atom is -0.493 e. The van der Waals surface area contributed by atoms with Crippen molar-refractivity contribution in [3.63, 3.8) is 0 Å². The molecule has 1 aliphatic heterocycles. The molecular formula is C19H19N3O3. The van der Waals surface area contributed by atoms with Crippen molar-refractivity contribution in [1.82, 2.24) is 4.98 Å². The summed E-state index contributed by atoms with van der Waals surface area (Å²) >= 11 is 0. The van der Waals surface area contributed by atoms with Crippen molar-refractivity contribution in [1.29, 1.82) is 5.26 Å². The van der Waals surface area contributed by atoms with E-state index in [0.29, 0.717) is 36.7 Å². The molecule has 0 spiro atoms. The monoisotopic (exact) mass is 337 g/mol. The van der Waals surface area contributed by atoms with Crippen molar-refractivity contribution < 1.29 is 14.2 Å². The molecule has 6 heteroatoms. The summed E-state index contributed by atoms with van der Waals surface area (Å²) in [6, 6.07) is 6.11. The van der Waals surface area contributed by atoms with Gasteiger partial charge in [-0.15, -0.1) is 0 Å². The highest BCUT2D eigenvalue weighted by Gasteiger charge is 2.34. The van der Waals surface area contributed by atoms with E-state index >= 15 is 0 Å². The van der Waals surface area contributed by atoms with Gasteiger partial charge >= 0.3 is 0 Å². The predicted molar refractivity (Wildman–Crippen MR) is 92.9 cm³/mol. The van der Waals surface area contributed by atoms with Gasteiger partial charge in [-0.1, -0.05) is 0 Å². The molecule has 128 valence electrons. The number of pyridine rings is 1. The second kappa shape index (κ2) is 5.94. The number of nitriles is 1. The summed E-state index contributed by atoms with van der Waals surface area (Å²) in [5.41, 5.74) is 11.5. The SMILES string of the molecule is COc1ccc2c(c1OC)Cc1c-2nc(N)c(C#N)c1[C@@H]1CCOC1. The smallest absolute Gasteiger partial charge is 0.164 e. The van der Waals surface area contributed by atoms with Gasteiger partial charge in [-0.3, -0.25) is 0 Å². The minimum atomic E-state index is 0.177. The zero-order valence-electron chi connectivity index (χ0n) is 14.3. The van der Waals surface area contributed by atoms with Crippen LogP contribution in [0.25, 0.3) is 11.3 Å². The van der Waals surface area contributed by atoms with Crippen LogP contribution < -0.4 is 15.2 Å². The van der Waals surface area contributed by atoms with E-state index in [1.807, 2.05) is 12.1 Å². The maximum absolute atomic E-state index is 9.64. The molecule has 0 radical (unpaired) electrons. The number of nitrogen functional groups attached to an aromatic ring is 1. The lowest BCUT2D eigenvalue weighted by Gasteiger charge is -2.16. The van der Waals surface area contributed by atoms with Crippen LogP contribution in [0.4, 0.5) is 5.82 Å². The number of aromatic nitrogens is 1. The van der Waals surface area contributed by atoms with Gasteiger partial charge in [-0.2, -0.15) is 5.26 Å². The van der Waals surface area contributed by atoms with Crippen LogP contribution in [0.1, 0.15) is 34.6 Å². The van der Waals surface area contributed by atoms with Crippen LogP contribution in [0.2, 0.25) is 0 Å². The Kier molecular flexibility index (Phi) is 3.74. The molecule has 1 aromatic carbocycles. The average Bonchev–Trinajstić information content (AvgIpc) is 3.27. The Labute approximate surface area is 146 Å². The van der Waals surface area contributed by atoms with Crippen LogP contribution in [0.5, 0.6) is 11.5 Å². The Morgan fingerprint density at radius 3 is 2.76 bits per heavy atom. The number of nitrogens with two attached hydrogens (primary N) is 1. The van der Waals surface area contributed by atoms with Crippen molar-refractivity contribution >= 4 is 5.82 Å². The van der Waals surface area contributed by atoms with E-state index in [4.69, 9.17) is 19.9 Å². The Morgan fingerprint density at radius 1 is 1.28 bits per heavy atom. The second-order valence-electron chi connectivity index (χ2n) is 6.29. The van der Waals surface area contributed by atoms with Gasteiger partial charge in [0.05, 0.1) is 32.1 Å². The molecule has 1 fully saturated rings. The molecule has 4 rings (SSSR count). The summed E-state index contributed by atoms with van der Waals surface area (Å²) in [4.78, 5) is 4.55. The summed E-state index contributed by atoms with van der Waals surface area (Å²) in [6.45, 7) is 1.32. The molecule has 1 atom stereocenters. The standard InChI is InChI=1S/C19H19N3O3/c1-23-15-4-3-11-12(18(15)24-2)7-13-16(10-5-6-25-9-10)14(8-20)19(21)22-17(11)13/h3-4,10H,5-7,9H2,1-2H3,(H2,21,22)/t10-/m1/s1. The Hall–Kier alpha value is -2.78. The van der Waals surface area contributed by atoms with E-state index in [1.165, 1.54) is 0 Å². The Bertz CT molecular complexity index is 896. The fraction of sp³-hybridized carbons (Fsp3) is 0.368. The fourth-order valence-electron chi connectivity index (χ4n) is 3.96. The largest absolute Gasteiger partial charge is 0.493 e. The number of rotatable bonds is 3. The minimum absolute atomic E-state index is 0.177. The number of nitrogens with zero attached hydrogens (tertiary/aromatic N) is 2. The lowest BCUT2D eigenvalue weighted by Crippen LogP contribution is -2.10. The first kappa shape index (κ1) is 15.7. The molecule has 0 amide bonds. The fourth-order valence-corrected chi connectivity index (χ4v) is 3.96. The van der Waals surface area contributed by atoms with Crippen molar-refractivity contribution in [2.24, 2.45) is 0 Å². The number of benzene rings is 1. The van der Waals surface area contributed by atoms with E-state index in [-0.39, 0.29) is 11.7 Å². The summed E-state index contributed by atoms with van der Waals surface area (Å²) in [5.74, 6) is 1.86. The van der Waals surface area contributed by atoms with Gasteiger partial charge < -0.3 is 19.9 Å². The molecule has 2 N–H and O–H groups in total. The Morgan fingerprint density at radius 2 is 2.12 bits per heavy atom. The maximum atomic E-state index is 9.64. The first-order valence-electron chi connectivity index (χ1n) is 8.23. The van der Waals surface area contributed by atoms with Crippen LogP contribution in [-0.4, -0.2) is 32.4 Å². The number of fused-ring (bicyclic) bond motifs is 3. The zero-order valence-corrected chi connectivity index (χ0v) is 14.3. The van der Waals surface area contributed by atoms with Gasteiger partial charge in [0.25, 0.3) is 0 Å². The second-order valence-corrected chi connectivity index (χ2v) is 6.29. The lowest BCUT2D eigenvalue weighted by atomic mass is 9.89. The highest BCUT2D eigenvalue weighted by molar-refractivity contribution is 5.82. The van der Waals surface area contributed by atoms with Crippen LogP contribution in [0.15, 0.2) is 12.1 Å². The third-order valence-electron chi connectivity index (χ3n) is 5.08. The highest BCUT2D eigenvalue weighted by atomic mass is 16.5. The summed E-state index contributed by atoms with van der Waals surface area (Å²) in [7, 11) is 3.26. The first-order valence-corrected chi connectivity index (χ1v) is 8.23. The van der Waals surface area contributed by atoms with Crippen molar-refractivity contribution in [3.8, 4) is 28.8 Å². The number of anilines is 1. The van der Waals surface area contributed by atoms with Gasteiger partial charge in [-0.25, -0.2) is 4.98 Å². The maximum Gasteiger partial charge on any atom is 0.164 e. The molecule has 6 nitrogen and oxygen atoms in total. The molecule has 2 aromatic rings. The lowest BCUT2D eigenvalue weighted by molar-refractivity contribution is 0.194. The molecule has 1 aliphatic carbocycles. The number of hydrogen-bond donors (Lipinski definition) is 1. The van der Waals surface area contributed by atoms with E-state index in [1.54, 1.807) is 14.2 Å². The van der Waals surface area contributed by atoms with E-state index < -0.39 is 0 Å². The molecular weight excluding hydrogens is 318 g/mol. The topological polar surface area (TPSA) is 90.4 Å². The Balaban J connectivity index is 1.96. The van der Waals surface area contributed by atoms with Gasteiger partial charge in [0.1, 0.15) is 11.9 Å². The van der Waals surface area contributed by atoms with Gasteiger partial charge in [-0.05, 0) is 29.7 Å². The van der Waals surface area contributed by atoms with Gasteiger partial charge in [0.15, 0.2) is 11.5 Å². The van der Waals surface area contributed by atoms with Crippen molar-refractivity contribution in [2.75, 3.05) is 33.2 Å². The summed E-state index contributed by atoms with van der Waals surface area (Å²) < 4.78 is 16.6. The first-order chi connectivity index (χ1) is 12.2. The van der Waals surface area contributed by atoms with Crippen LogP contribution in [-0.2, 0) is 11.2 Å². The molecule has 2 heterocycles.